The van der Waals surface area contributed by atoms with Gasteiger partial charge in [0.15, 0.2) is 11.5 Å². The van der Waals surface area contributed by atoms with E-state index in [0.29, 0.717) is 23.3 Å². The fraction of sp³-hybridized carbons (Fsp3) is 0.200. The van der Waals surface area contributed by atoms with Crippen molar-refractivity contribution in [2.45, 2.75) is 6.92 Å². The summed E-state index contributed by atoms with van der Waals surface area (Å²) in [5.74, 6) is 2.30. The minimum atomic E-state index is 0.473. The Morgan fingerprint density at radius 1 is 0.909 bits per heavy atom. The first-order valence-corrected chi connectivity index (χ1v) is 6.63. The smallest absolute Gasteiger partial charge is 0.228 e. The summed E-state index contributed by atoms with van der Waals surface area (Å²) in [7, 11) is 3.17. The quantitative estimate of drug-likeness (QED) is 0.792. The number of fused-ring (bicyclic) bond motifs is 1. The molecule has 0 atom stereocenters. The maximum Gasteiger partial charge on any atom is 0.228 e. The van der Waals surface area contributed by atoms with Crippen LogP contribution in [-0.2, 0) is 0 Å². The van der Waals surface area contributed by atoms with Gasteiger partial charge in [0.2, 0.25) is 5.95 Å². The fourth-order valence-electron chi connectivity index (χ4n) is 2.05. The molecule has 0 fully saturated rings. The van der Waals surface area contributed by atoms with Crippen molar-refractivity contribution in [1.29, 1.82) is 0 Å². The van der Waals surface area contributed by atoms with Crippen LogP contribution in [0.4, 0.5) is 11.8 Å². The summed E-state index contributed by atoms with van der Waals surface area (Å²) in [5.41, 5.74) is 1.73. The van der Waals surface area contributed by atoms with Gasteiger partial charge >= 0.3 is 0 Å². The minimum Gasteiger partial charge on any atom is -0.493 e. The number of ether oxygens (including phenoxy) is 2. The van der Waals surface area contributed by atoms with Gasteiger partial charge in [-0.15, -0.1) is 0 Å². The Kier molecular flexibility index (Phi) is 3.69. The zero-order chi connectivity index (χ0) is 15.5. The first-order chi connectivity index (χ1) is 10.7. The van der Waals surface area contributed by atoms with E-state index in [1.165, 1.54) is 6.33 Å². The monoisotopic (exact) mass is 297 g/mol. The molecule has 0 bridgehead atoms. The van der Waals surface area contributed by atoms with Crippen molar-refractivity contribution >= 4 is 22.7 Å². The van der Waals surface area contributed by atoms with E-state index in [1.807, 2.05) is 13.0 Å². The lowest BCUT2D eigenvalue weighted by atomic mass is 10.2. The average Bonchev–Trinajstić information content (AvgIpc) is 2.56. The Hall–Kier alpha value is -2.96. The molecule has 2 aromatic heterocycles. The molecule has 1 N–H and O–H groups in total. The number of anilines is 2. The van der Waals surface area contributed by atoms with E-state index in [2.05, 4.69) is 25.3 Å². The Bertz CT molecular complexity index is 805. The van der Waals surface area contributed by atoms with Crippen LogP contribution in [0.15, 0.2) is 30.9 Å². The van der Waals surface area contributed by atoms with Gasteiger partial charge in [0.25, 0.3) is 0 Å². The van der Waals surface area contributed by atoms with E-state index >= 15 is 0 Å². The second kappa shape index (κ2) is 5.80. The summed E-state index contributed by atoms with van der Waals surface area (Å²) in [6, 6.07) is 3.63. The van der Waals surface area contributed by atoms with E-state index in [-0.39, 0.29) is 0 Å². The molecule has 0 saturated heterocycles. The topological polar surface area (TPSA) is 82.1 Å². The van der Waals surface area contributed by atoms with E-state index in [4.69, 9.17) is 9.47 Å². The Labute approximate surface area is 127 Å². The molecule has 22 heavy (non-hydrogen) atoms. The van der Waals surface area contributed by atoms with Crippen LogP contribution in [0.5, 0.6) is 11.5 Å². The number of nitrogens with zero attached hydrogens (tertiary/aromatic N) is 4. The SMILES string of the molecule is COc1cc2ncnc(Nc3ncc(C)cn3)c2cc1OC. The second-order valence-electron chi connectivity index (χ2n) is 4.66. The number of hydrogen-bond donors (Lipinski definition) is 1. The Morgan fingerprint density at radius 3 is 2.27 bits per heavy atom. The summed E-state index contributed by atoms with van der Waals surface area (Å²) in [6.07, 6.45) is 4.95. The highest BCUT2D eigenvalue weighted by Gasteiger charge is 2.11. The lowest BCUT2D eigenvalue weighted by Gasteiger charge is -2.11. The molecule has 112 valence electrons. The third-order valence-electron chi connectivity index (χ3n) is 3.15. The van der Waals surface area contributed by atoms with E-state index in [1.54, 1.807) is 32.7 Å². The fourth-order valence-corrected chi connectivity index (χ4v) is 2.05. The molecule has 0 radical (unpaired) electrons. The second-order valence-corrected chi connectivity index (χ2v) is 4.66. The van der Waals surface area contributed by atoms with Gasteiger partial charge in [-0.2, -0.15) is 0 Å². The number of methoxy groups -OCH3 is 2. The number of aryl methyl sites for hydroxylation is 1. The van der Waals surface area contributed by atoms with Crippen molar-refractivity contribution in [1.82, 2.24) is 19.9 Å². The summed E-state index contributed by atoms with van der Waals surface area (Å²) in [6.45, 7) is 1.93. The summed E-state index contributed by atoms with van der Waals surface area (Å²) in [4.78, 5) is 16.9. The average molecular weight is 297 g/mol. The summed E-state index contributed by atoms with van der Waals surface area (Å²) in [5, 5.41) is 3.89. The molecular weight excluding hydrogens is 282 g/mol. The highest BCUT2D eigenvalue weighted by molar-refractivity contribution is 5.92. The predicted octanol–water partition coefficient (Wildman–Crippen LogP) is 2.49. The lowest BCUT2D eigenvalue weighted by Crippen LogP contribution is -2.01. The molecule has 3 rings (SSSR count). The first-order valence-electron chi connectivity index (χ1n) is 6.63. The van der Waals surface area contributed by atoms with Crippen LogP contribution in [-0.4, -0.2) is 34.2 Å². The Morgan fingerprint density at radius 2 is 1.59 bits per heavy atom. The van der Waals surface area contributed by atoms with Crippen LogP contribution in [0.1, 0.15) is 5.56 Å². The van der Waals surface area contributed by atoms with E-state index in [9.17, 15) is 0 Å². The highest BCUT2D eigenvalue weighted by Crippen LogP contribution is 2.33. The molecule has 1 aromatic carbocycles. The van der Waals surface area contributed by atoms with Crippen molar-refractivity contribution in [2.75, 3.05) is 19.5 Å². The van der Waals surface area contributed by atoms with Crippen molar-refractivity contribution < 1.29 is 9.47 Å². The van der Waals surface area contributed by atoms with Gasteiger partial charge in [-0.25, -0.2) is 19.9 Å². The molecule has 0 amide bonds. The maximum absolute atomic E-state index is 5.33. The van der Waals surface area contributed by atoms with Gasteiger partial charge in [-0.3, -0.25) is 0 Å². The molecule has 0 aliphatic carbocycles. The van der Waals surface area contributed by atoms with Crippen LogP contribution < -0.4 is 14.8 Å². The van der Waals surface area contributed by atoms with Crippen LogP contribution >= 0.6 is 0 Å². The molecular formula is C15H15N5O2. The molecule has 0 saturated carbocycles. The zero-order valence-corrected chi connectivity index (χ0v) is 12.5. The van der Waals surface area contributed by atoms with Crippen LogP contribution in [0, 0.1) is 6.92 Å². The number of aromatic nitrogens is 4. The van der Waals surface area contributed by atoms with Crippen molar-refractivity contribution in [3.05, 3.63) is 36.4 Å². The standard InChI is InChI=1S/C15H15N5O2/c1-9-6-16-15(17-7-9)20-14-10-4-12(21-2)13(22-3)5-11(10)18-8-19-14/h4-8H,1-3H3,(H,16,17,18,19,20). The van der Waals surface area contributed by atoms with Gasteiger partial charge in [0.05, 0.1) is 19.7 Å². The molecule has 7 nitrogen and oxygen atoms in total. The largest absolute Gasteiger partial charge is 0.493 e. The summed E-state index contributed by atoms with van der Waals surface area (Å²) < 4.78 is 10.6. The Balaban J connectivity index is 2.07. The molecule has 0 aliphatic rings. The van der Waals surface area contributed by atoms with Gasteiger partial charge in [-0.05, 0) is 18.6 Å². The lowest BCUT2D eigenvalue weighted by molar-refractivity contribution is 0.356. The number of rotatable bonds is 4. The zero-order valence-electron chi connectivity index (χ0n) is 12.5. The van der Waals surface area contributed by atoms with Crippen molar-refractivity contribution in [2.24, 2.45) is 0 Å². The summed E-state index contributed by atoms with van der Waals surface area (Å²) >= 11 is 0. The van der Waals surface area contributed by atoms with E-state index in [0.717, 1.165) is 16.5 Å². The molecule has 3 aromatic rings. The normalized spacial score (nSPS) is 10.5. The third kappa shape index (κ3) is 2.60. The van der Waals surface area contributed by atoms with Gasteiger partial charge in [0.1, 0.15) is 12.1 Å². The van der Waals surface area contributed by atoms with Crippen LogP contribution in [0.3, 0.4) is 0 Å². The molecule has 7 heteroatoms. The van der Waals surface area contributed by atoms with Crippen molar-refractivity contribution in [3.8, 4) is 11.5 Å². The van der Waals surface area contributed by atoms with Gasteiger partial charge < -0.3 is 14.8 Å². The molecule has 0 spiro atoms. The first kappa shape index (κ1) is 14.0. The number of benzene rings is 1. The van der Waals surface area contributed by atoms with E-state index < -0.39 is 0 Å². The highest BCUT2D eigenvalue weighted by atomic mass is 16.5. The molecule has 2 heterocycles. The molecule has 0 unspecified atom stereocenters. The molecule has 0 aliphatic heterocycles. The number of nitrogens with one attached hydrogen (secondary N) is 1. The number of hydrogen-bond acceptors (Lipinski definition) is 7. The van der Waals surface area contributed by atoms with Crippen LogP contribution in [0.2, 0.25) is 0 Å². The maximum atomic E-state index is 5.33. The van der Waals surface area contributed by atoms with Gasteiger partial charge in [0, 0.05) is 23.8 Å². The van der Waals surface area contributed by atoms with Gasteiger partial charge in [-0.1, -0.05) is 0 Å². The third-order valence-corrected chi connectivity index (χ3v) is 3.15. The van der Waals surface area contributed by atoms with Crippen LogP contribution in [0.25, 0.3) is 10.9 Å². The predicted molar refractivity (Wildman–Crippen MR) is 82.7 cm³/mol. The minimum absolute atomic E-state index is 0.473. The van der Waals surface area contributed by atoms with Crippen molar-refractivity contribution in [3.63, 3.8) is 0 Å².